The Bertz CT molecular complexity index is 860. The van der Waals surface area contributed by atoms with Gasteiger partial charge in [0.2, 0.25) is 0 Å². The molecule has 0 bridgehead atoms. The van der Waals surface area contributed by atoms with Crippen LogP contribution in [0, 0.1) is 0 Å². The molecule has 1 aromatic carbocycles. The van der Waals surface area contributed by atoms with Gasteiger partial charge in [-0.05, 0) is 44.0 Å². The lowest BCUT2D eigenvalue weighted by Gasteiger charge is -2.11. The summed E-state index contributed by atoms with van der Waals surface area (Å²) in [5.41, 5.74) is 1.46. The lowest BCUT2D eigenvalue weighted by Crippen LogP contribution is -2.32. The number of rotatable bonds is 6. The summed E-state index contributed by atoms with van der Waals surface area (Å²) in [6.45, 7) is 2.63. The van der Waals surface area contributed by atoms with E-state index >= 15 is 0 Å². The first-order valence-electron chi connectivity index (χ1n) is 8.81. The van der Waals surface area contributed by atoms with Crippen molar-refractivity contribution in [2.75, 3.05) is 18.5 Å². The van der Waals surface area contributed by atoms with Gasteiger partial charge in [0, 0.05) is 36.2 Å². The minimum absolute atomic E-state index is 0.0482. The second-order valence-corrected chi connectivity index (χ2v) is 6.37. The fourth-order valence-electron chi connectivity index (χ4n) is 2.82. The second-order valence-electron chi connectivity index (χ2n) is 6.37. The highest BCUT2D eigenvalue weighted by Crippen LogP contribution is 2.13. The van der Waals surface area contributed by atoms with Crippen molar-refractivity contribution >= 4 is 23.3 Å². The molecule has 0 spiro atoms. The van der Waals surface area contributed by atoms with Crippen LogP contribution in [0.25, 0.3) is 0 Å². The number of ketones is 1. The Morgan fingerprint density at radius 2 is 2.00 bits per heavy atom. The van der Waals surface area contributed by atoms with Gasteiger partial charge in [0.1, 0.15) is 5.69 Å². The van der Waals surface area contributed by atoms with Crippen molar-refractivity contribution in [3.05, 3.63) is 59.4 Å². The molecule has 7 nitrogen and oxygen atoms in total. The predicted molar refractivity (Wildman–Crippen MR) is 99.9 cm³/mol. The zero-order valence-electron chi connectivity index (χ0n) is 15.0. The fraction of sp³-hybridized carbons (Fsp3) is 0.300. The van der Waals surface area contributed by atoms with Gasteiger partial charge >= 0.3 is 0 Å². The first-order valence-corrected chi connectivity index (χ1v) is 8.81. The largest absolute Gasteiger partial charge is 0.376 e. The standard InChI is InChI=1S/C20H21N3O4/c1-13(24)14-4-2-5-16(10-14)23-20(26)18-11-15(7-8-21-18)19(25)22-12-17-6-3-9-27-17/h2,4-5,7-8,10-11,17H,3,6,9,12H2,1H3,(H,22,25)(H,23,26). The van der Waals surface area contributed by atoms with Crippen LogP contribution >= 0.6 is 0 Å². The molecule has 1 atom stereocenters. The number of benzene rings is 1. The van der Waals surface area contributed by atoms with Gasteiger partial charge in [-0.25, -0.2) is 0 Å². The summed E-state index contributed by atoms with van der Waals surface area (Å²) in [5, 5.41) is 5.51. The van der Waals surface area contributed by atoms with Crippen LogP contribution in [0.1, 0.15) is 51.0 Å². The van der Waals surface area contributed by atoms with Gasteiger partial charge < -0.3 is 15.4 Å². The van der Waals surface area contributed by atoms with Crippen molar-refractivity contribution in [2.24, 2.45) is 0 Å². The number of anilines is 1. The molecule has 1 aromatic heterocycles. The smallest absolute Gasteiger partial charge is 0.274 e. The first-order chi connectivity index (χ1) is 13.0. The summed E-state index contributed by atoms with van der Waals surface area (Å²) >= 11 is 0. The van der Waals surface area contributed by atoms with Crippen LogP contribution in [-0.4, -0.2) is 41.8 Å². The van der Waals surface area contributed by atoms with Gasteiger partial charge in [0.15, 0.2) is 5.78 Å². The molecule has 1 unspecified atom stereocenters. The average Bonchev–Trinajstić information content (AvgIpc) is 3.20. The summed E-state index contributed by atoms with van der Waals surface area (Å²) in [7, 11) is 0. The molecule has 0 radical (unpaired) electrons. The number of aromatic nitrogens is 1. The molecule has 1 aliphatic rings. The molecular weight excluding hydrogens is 346 g/mol. The van der Waals surface area contributed by atoms with Gasteiger partial charge in [-0.1, -0.05) is 12.1 Å². The molecule has 2 heterocycles. The number of amides is 2. The van der Waals surface area contributed by atoms with Crippen molar-refractivity contribution in [1.29, 1.82) is 0 Å². The second kappa shape index (κ2) is 8.55. The molecule has 27 heavy (non-hydrogen) atoms. The Hall–Kier alpha value is -3.06. The van der Waals surface area contributed by atoms with Crippen LogP contribution in [0.15, 0.2) is 42.6 Å². The number of nitrogens with one attached hydrogen (secondary N) is 2. The van der Waals surface area contributed by atoms with E-state index in [0.717, 1.165) is 19.4 Å². The minimum atomic E-state index is -0.454. The minimum Gasteiger partial charge on any atom is -0.376 e. The maximum absolute atomic E-state index is 12.4. The highest BCUT2D eigenvalue weighted by atomic mass is 16.5. The summed E-state index contributed by atoms with van der Waals surface area (Å²) in [6, 6.07) is 9.64. The van der Waals surface area contributed by atoms with Crippen LogP contribution in [0.4, 0.5) is 5.69 Å². The normalized spacial score (nSPS) is 16.0. The summed E-state index contributed by atoms with van der Waals surface area (Å²) in [5.74, 6) is -0.820. The molecule has 1 aliphatic heterocycles. The number of carbonyl (C=O) groups excluding carboxylic acids is 3. The van der Waals surface area contributed by atoms with Crippen molar-refractivity contribution in [3.8, 4) is 0 Å². The van der Waals surface area contributed by atoms with Crippen LogP contribution in [0.5, 0.6) is 0 Å². The number of Topliss-reactive ketones (excluding diaryl/α,β-unsaturated/α-hetero) is 1. The van der Waals surface area contributed by atoms with Gasteiger partial charge in [0.25, 0.3) is 11.8 Å². The molecule has 2 amide bonds. The van der Waals surface area contributed by atoms with E-state index in [9.17, 15) is 14.4 Å². The Kier molecular flexibility index (Phi) is 5.93. The van der Waals surface area contributed by atoms with E-state index in [1.807, 2.05) is 0 Å². The number of nitrogens with zero attached hydrogens (tertiary/aromatic N) is 1. The zero-order valence-corrected chi connectivity index (χ0v) is 15.0. The van der Waals surface area contributed by atoms with E-state index in [4.69, 9.17) is 4.74 Å². The Morgan fingerprint density at radius 3 is 2.74 bits per heavy atom. The zero-order chi connectivity index (χ0) is 19.2. The third-order valence-electron chi connectivity index (χ3n) is 4.30. The number of hydrogen-bond donors (Lipinski definition) is 2. The number of pyridine rings is 1. The van der Waals surface area contributed by atoms with Crippen LogP contribution in [0.3, 0.4) is 0 Å². The molecule has 2 N–H and O–H groups in total. The highest BCUT2D eigenvalue weighted by molar-refractivity contribution is 6.05. The fourth-order valence-corrected chi connectivity index (χ4v) is 2.82. The van der Waals surface area contributed by atoms with Gasteiger partial charge in [0.05, 0.1) is 6.10 Å². The van der Waals surface area contributed by atoms with Crippen molar-refractivity contribution in [1.82, 2.24) is 10.3 Å². The highest BCUT2D eigenvalue weighted by Gasteiger charge is 2.17. The van der Waals surface area contributed by atoms with Crippen molar-refractivity contribution < 1.29 is 19.1 Å². The molecule has 1 fully saturated rings. The summed E-state index contributed by atoms with van der Waals surface area (Å²) in [4.78, 5) is 40.2. The number of hydrogen-bond acceptors (Lipinski definition) is 5. The van der Waals surface area contributed by atoms with Crippen LogP contribution in [0.2, 0.25) is 0 Å². The molecule has 0 saturated carbocycles. The van der Waals surface area contributed by atoms with E-state index < -0.39 is 5.91 Å². The quantitative estimate of drug-likeness (QED) is 0.765. The van der Waals surface area contributed by atoms with E-state index in [1.54, 1.807) is 30.3 Å². The van der Waals surface area contributed by atoms with Crippen LogP contribution in [-0.2, 0) is 4.74 Å². The first kappa shape index (κ1) is 18.7. The van der Waals surface area contributed by atoms with Crippen LogP contribution < -0.4 is 10.6 Å². The Labute approximate surface area is 157 Å². The van der Waals surface area contributed by atoms with Crippen molar-refractivity contribution in [2.45, 2.75) is 25.9 Å². The maximum Gasteiger partial charge on any atom is 0.274 e. The number of carbonyl (C=O) groups is 3. The summed E-state index contributed by atoms with van der Waals surface area (Å²) in [6.07, 6.45) is 3.41. The molecule has 3 rings (SSSR count). The molecule has 7 heteroatoms. The van der Waals surface area contributed by atoms with E-state index in [2.05, 4.69) is 15.6 Å². The van der Waals surface area contributed by atoms with E-state index in [0.29, 0.717) is 23.4 Å². The Morgan fingerprint density at radius 1 is 1.15 bits per heavy atom. The Balaban J connectivity index is 1.65. The van der Waals surface area contributed by atoms with E-state index in [1.165, 1.54) is 19.2 Å². The SMILES string of the molecule is CC(=O)c1cccc(NC(=O)c2cc(C(=O)NCC3CCCO3)ccn2)c1. The molecule has 2 aromatic rings. The molecular formula is C20H21N3O4. The van der Waals surface area contributed by atoms with Gasteiger partial charge in [-0.15, -0.1) is 0 Å². The topological polar surface area (TPSA) is 97.4 Å². The number of ether oxygens (including phenoxy) is 1. The molecule has 1 saturated heterocycles. The molecule has 140 valence electrons. The van der Waals surface area contributed by atoms with E-state index in [-0.39, 0.29) is 23.5 Å². The predicted octanol–water partition coefficient (Wildman–Crippen LogP) is 2.45. The average molecular weight is 367 g/mol. The monoisotopic (exact) mass is 367 g/mol. The van der Waals surface area contributed by atoms with Crippen molar-refractivity contribution in [3.63, 3.8) is 0 Å². The third kappa shape index (κ3) is 4.98. The lowest BCUT2D eigenvalue weighted by atomic mass is 10.1. The summed E-state index contributed by atoms with van der Waals surface area (Å²) < 4.78 is 5.48. The third-order valence-corrected chi connectivity index (χ3v) is 4.30. The van der Waals surface area contributed by atoms with Gasteiger partial charge in [-0.2, -0.15) is 0 Å². The molecule has 0 aliphatic carbocycles. The lowest BCUT2D eigenvalue weighted by molar-refractivity contribution is 0.0857. The maximum atomic E-state index is 12.4. The van der Waals surface area contributed by atoms with Gasteiger partial charge in [-0.3, -0.25) is 19.4 Å².